The molecule has 9 nitrogen and oxygen atoms in total. The molecule has 3 N–H and O–H groups in total. The quantitative estimate of drug-likeness (QED) is 0.488. The van der Waals surface area contributed by atoms with Crippen LogP contribution >= 0.6 is 11.6 Å². The Morgan fingerprint density at radius 1 is 1.09 bits per heavy atom. The van der Waals surface area contributed by atoms with Crippen LogP contribution < -0.4 is 15.5 Å². The van der Waals surface area contributed by atoms with Crippen LogP contribution in [0.1, 0.15) is 30.3 Å². The number of aromatic nitrogens is 4. The van der Waals surface area contributed by atoms with Crippen molar-refractivity contribution in [3.05, 3.63) is 76.5 Å². The predicted molar refractivity (Wildman–Crippen MR) is 138 cm³/mol. The Morgan fingerprint density at radius 2 is 1.94 bits per heavy atom. The number of halogens is 1. The smallest absolute Gasteiger partial charge is 0.149 e. The van der Waals surface area contributed by atoms with Gasteiger partial charge >= 0.3 is 0 Å². The number of nitrogens with one attached hydrogen (secondary N) is 3. The van der Waals surface area contributed by atoms with E-state index in [0.29, 0.717) is 17.1 Å². The molecule has 0 spiro atoms. The second-order valence-electron chi connectivity index (χ2n) is 9.46. The number of hydrogen-bond donors (Lipinski definition) is 3. The average molecular weight is 490 g/mol. The maximum atomic E-state index is 5.98. The molecule has 0 radical (unpaired) electrons. The number of H-pyrrole nitrogens is 1. The van der Waals surface area contributed by atoms with Crippen LogP contribution in [0.4, 0.5) is 11.6 Å². The van der Waals surface area contributed by atoms with E-state index < -0.39 is 0 Å². The number of aromatic amines is 1. The van der Waals surface area contributed by atoms with Crippen LogP contribution in [-0.2, 0) is 6.54 Å². The van der Waals surface area contributed by atoms with Gasteiger partial charge in [0.05, 0.1) is 10.7 Å². The molecule has 2 bridgehead atoms. The molecule has 10 heteroatoms. The topological polar surface area (TPSA) is 97.4 Å². The number of piperidine rings is 1. The second-order valence-corrected chi connectivity index (χ2v) is 9.90. The fourth-order valence-corrected chi connectivity index (χ4v) is 5.20. The van der Waals surface area contributed by atoms with Crippen LogP contribution in [0.5, 0.6) is 0 Å². The summed E-state index contributed by atoms with van der Waals surface area (Å²) in [6.45, 7) is 6.81. The fourth-order valence-electron chi connectivity index (χ4n) is 5.09. The zero-order valence-corrected chi connectivity index (χ0v) is 20.5. The molecule has 3 unspecified atom stereocenters. The van der Waals surface area contributed by atoms with Crippen LogP contribution in [0, 0.1) is 6.92 Å². The molecular formula is C25H28ClN9. The van der Waals surface area contributed by atoms with Crippen molar-refractivity contribution in [2.75, 3.05) is 23.3 Å². The molecule has 35 heavy (non-hydrogen) atoms. The predicted octanol–water partition coefficient (Wildman–Crippen LogP) is 3.32. The Bertz CT molecular complexity index is 1250. The van der Waals surface area contributed by atoms with E-state index in [1.165, 1.54) is 6.42 Å². The average Bonchev–Trinajstić information content (AvgIpc) is 3.27. The van der Waals surface area contributed by atoms with E-state index >= 15 is 0 Å². The van der Waals surface area contributed by atoms with E-state index in [0.717, 1.165) is 59.8 Å². The van der Waals surface area contributed by atoms with Crippen molar-refractivity contribution >= 4 is 29.1 Å². The van der Waals surface area contributed by atoms with Crippen LogP contribution in [-0.4, -0.2) is 62.2 Å². The minimum absolute atomic E-state index is 0.0970. The molecule has 4 aliphatic rings. The van der Waals surface area contributed by atoms with Gasteiger partial charge < -0.3 is 15.5 Å². The molecule has 3 aromatic rings. The fraction of sp³-hybridized carbons (Fsp3) is 0.360. The monoisotopic (exact) mass is 489 g/mol. The standard InChI is InChI=1S/C25H28ClN9/c1-15-7-22(30-23-8-16(2)32-33-23)31-25(29-15)17-3-6-24(28-10-17)34-13-20-9-21(14-34)35(20)12-19-5-4-18(26)11-27-19/h3-8,10-11,20-22H,9,12-14H2,1-2H3,(H,29,31)(H2,30,32,33). The number of aliphatic imine (C=N–C) groups is 1. The first-order chi connectivity index (χ1) is 17.0. The second kappa shape index (κ2) is 8.98. The minimum Gasteiger partial charge on any atom is -0.353 e. The van der Waals surface area contributed by atoms with E-state index in [-0.39, 0.29) is 6.17 Å². The molecular weight excluding hydrogens is 462 g/mol. The first-order valence-electron chi connectivity index (χ1n) is 11.9. The van der Waals surface area contributed by atoms with Crippen molar-refractivity contribution in [1.29, 1.82) is 0 Å². The normalized spacial score (nSPS) is 23.7. The molecule has 3 saturated heterocycles. The van der Waals surface area contributed by atoms with Crippen LogP contribution in [0.2, 0.25) is 5.02 Å². The number of rotatable bonds is 6. The molecule has 7 rings (SSSR count). The number of amidine groups is 1. The van der Waals surface area contributed by atoms with Gasteiger partial charge in [-0.05, 0) is 50.6 Å². The highest BCUT2D eigenvalue weighted by molar-refractivity contribution is 6.30. The first-order valence-corrected chi connectivity index (χ1v) is 12.3. The summed E-state index contributed by atoms with van der Waals surface area (Å²) in [4.78, 5) is 18.9. The zero-order valence-electron chi connectivity index (χ0n) is 19.7. The molecule has 3 fully saturated rings. The SMILES string of the molecule is CC1=CC(Nc2cc(C)[nH]n2)NC(c2ccc(N3CC4CC(C3)N4Cc3ccc(Cl)cn3)nc2)=N1. The maximum absolute atomic E-state index is 5.98. The van der Waals surface area contributed by atoms with Gasteiger partial charge in [-0.25, -0.2) is 9.98 Å². The number of fused-ring (bicyclic) bond motifs is 2. The first kappa shape index (κ1) is 22.1. The Morgan fingerprint density at radius 3 is 2.63 bits per heavy atom. The Labute approximate surface area is 209 Å². The van der Waals surface area contributed by atoms with Gasteiger partial charge in [-0.2, -0.15) is 5.10 Å². The van der Waals surface area contributed by atoms with E-state index in [9.17, 15) is 0 Å². The van der Waals surface area contributed by atoms with Gasteiger partial charge in [-0.1, -0.05) is 11.6 Å². The molecule has 0 aromatic carbocycles. The molecule has 0 saturated carbocycles. The molecule has 180 valence electrons. The third-order valence-electron chi connectivity index (χ3n) is 6.82. The molecule has 0 aliphatic carbocycles. The highest BCUT2D eigenvalue weighted by atomic mass is 35.5. The summed E-state index contributed by atoms with van der Waals surface area (Å²) in [5, 5.41) is 14.7. The molecule has 4 aliphatic heterocycles. The van der Waals surface area contributed by atoms with E-state index in [1.807, 2.05) is 44.3 Å². The summed E-state index contributed by atoms with van der Waals surface area (Å²) in [6, 6.07) is 11.2. The van der Waals surface area contributed by atoms with Gasteiger partial charge in [0.25, 0.3) is 0 Å². The largest absolute Gasteiger partial charge is 0.353 e. The summed E-state index contributed by atoms with van der Waals surface area (Å²) in [6.07, 6.45) is 6.81. The summed E-state index contributed by atoms with van der Waals surface area (Å²) in [7, 11) is 0. The van der Waals surface area contributed by atoms with E-state index in [1.54, 1.807) is 6.20 Å². The number of hydrogen-bond acceptors (Lipinski definition) is 8. The van der Waals surface area contributed by atoms with Gasteiger partial charge in [-0.15, -0.1) is 0 Å². The van der Waals surface area contributed by atoms with Crippen molar-refractivity contribution in [2.24, 2.45) is 4.99 Å². The summed E-state index contributed by atoms with van der Waals surface area (Å²) in [5.41, 5.74) is 3.99. The lowest BCUT2D eigenvalue weighted by molar-refractivity contribution is -0.00967. The Hall–Kier alpha value is -3.43. The molecule has 3 aromatic heterocycles. The van der Waals surface area contributed by atoms with Gasteiger partial charge in [0, 0.05) is 67.1 Å². The van der Waals surface area contributed by atoms with Crippen molar-refractivity contribution in [3.63, 3.8) is 0 Å². The van der Waals surface area contributed by atoms with Crippen molar-refractivity contribution < 1.29 is 0 Å². The lowest BCUT2D eigenvalue weighted by Gasteiger charge is -2.56. The van der Waals surface area contributed by atoms with Crippen LogP contribution in [0.25, 0.3) is 0 Å². The minimum atomic E-state index is -0.0970. The maximum Gasteiger partial charge on any atom is 0.149 e. The van der Waals surface area contributed by atoms with Crippen molar-refractivity contribution in [2.45, 2.75) is 45.1 Å². The third kappa shape index (κ3) is 4.61. The third-order valence-corrected chi connectivity index (χ3v) is 7.04. The highest BCUT2D eigenvalue weighted by Crippen LogP contribution is 2.35. The zero-order chi connectivity index (χ0) is 23.9. The van der Waals surface area contributed by atoms with Gasteiger partial charge in [-0.3, -0.25) is 15.0 Å². The number of aryl methyl sites for hydroxylation is 1. The molecule has 0 amide bonds. The lowest BCUT2D eigenvalue weighted by atomic mass is 9.87. The Balaban J connectivity index is 1.09. The number of anilines is 2. The van der Waals surface area contributed by atoms with E-state index in [4.69, 9.17) is 21.6 Å². The summed E-state index contributed by atoms with van der Waals surface area (Å²) in [5.74, 6) is 2.61. The number of nitrogens with zero attached hydrogens (tertiary/aromatic N) is 6. The van der Waals surface area contributed by atoms with Crippen LogP contribution in [0.3, 0.4) is 0 Å². The van der Waals surface area contributed by atoms with Crippen LogP contribution in [0.15, 0.2) is 59.5 Å². The molecule has 3 atom stereocenters. The number of allylic oxidation sites excluding steroid dienone is 1. The summed E-state index contributed by atoms with van der Waals surface area (Å²) >= 11 is 5.98. The highest BCUT2D eigenvalue weighted by Gasteiger charge is 2.44. The van der Waals surface area contributed by atoms with Crippen molar-refractivity contribution in [3.8, 4) is 0 Å². The number of pyridine rings is 2. The van der Waals surface area contributed by atoms with E-state index in [2.05, 4.69) is 47.7 Å². The number of piperazine rings is 1. The van der Waals surface area contributed by atoms with Gasteiger partial charge in [0.2, 0.25) is 0 Å². The lowest BCUT2D eigenvalue weighted by Crippen LogP contribution is -2.68. The molecule has 7 heterocycles. The van der Waals surface area contributed by atoms with Gasteiger partial charge in [0.1, 0.15) is 23.6 Å². The summed E-state index contributed by atoms with van der Waals surface area (Å²) < 4.78 is 0. The van der Waals surface area contributed by atoms with Gasteiger partial charge in [0.15, 0.2) is 0 Å². The van der Waals surface area contributed by atoms with Crippen molar-refractivity contribution in [1.82, 2.24) is 30.4 Å². The Kier molecular flexibility index (Phi) is 5.66.